The molecule has 0 aliphatic heterocycles. The highest BCUT2D eigenvalue weighted by Crippen LogP contribution is 2.17. The Morgan fingerprint density at radius 1 is 1.12 bits per heavy atom. The molecule has 1 nitrogen and oxygen atoms in total. The van der Waals surface area contributed by atoms with Crippen LogP contribution in [0.2, 0.25) is 19.6 Å². The molecule has 1 aromatic carbocycles. The van der Waals surface area contributed by atoms with Crippen molar-refractivity contribution in [2.75, 3.05) is 0 Å². The van der Waals surface area contributed by atoms with E-state index in [0.29, 0.717) is 5.69 Å². The summed E-state index contributed by atoms with van der Waals surface area (Å²) in [5.41, 5.74) is 1.64. The van der Waals surface area contributed by atoms with Crippen molar-refractivity contribution < 1.29 is 6.85 Å². The van der Waals surface area contributed by atoms with Gasteiger partial charge >= 0.3 is 0 Å². The lowest BCUT2D eigenvalue weighted by Gasteiger charge is -2.19. The van der Waals surface area contributed by atoms with E-state index in [4.69, 9.17) is 6.85 Å². The third-order valence-corrected chi connectivity index (χ3v) is 4.81. The first-order valence-corrected chi connectivity index (χ1v) is 9.10. The van der Waals surface area contributed by atoms with Crippen LogP contribution in [0.3, 0.4) is 0 Å². The molecule has 1 heterocycles. The Morgan fingerprint density at radius 2 is 1.76 bits per heavy atom. The van der Waals surface area contributed by atoms with Gasteiger partial charge in [-0.3, -0.25) is 4.98 Å². The van der Waals surface area contributed by atoms with Gasteiger partial charge in [0.25, 0.3) is 0 Å². The lowest BCUT2D eigenvalue weighted by molar-refractivity contribution is 1.30. The standard InChI is InChI=1S/C15H19NSi/c1-12-10-14(13-8-6-5-7-9-13)16-11-15(12)17(2,3)4/h5-11H,1-4H3/i5D,6D,7D,8D,9D. The predicted octanol–water partition coefficient (Wildman–Crippen LogP) is 3.60. The zero-order valence-electron chi connectivity index (χ0n) is 15.6. The lowest BCUT2D eigenvalue weighted by Crippen LogP contribution is -2.39. The van der Waals surface area contributed by atoms with Gasteiger partial charge in [0.2, 0.25) is 0 Å². The Morgan fingerprint density at radius 3 is 2.29 bits per heavy atom. The fourth-order valence-electron chi connectivity index (χ4n) is 1.86. The third-order valence-electron chi connectivity index (χ3n) is 2.67. The second kappa shape index (κ2) is 4.45. The number of hydrogen-bond donors (Lipinski definition) is 0. The topological polar surface area (TPSA) is 12.9 Å². The maximum Gasteiger partial charge on any atom is 0.0799 e. The number of rotatable bonds is 2. The van der Waals surface area contributed by atoms with Crippen LogP contribution in [0.1, 0.15) is 12.4 Å². The molecule has 0 unspecified atom stereocenters. The highest BCUT2D eigenvalue weighted by Gasteiger charge is 2.19. The largest absolute Gasteiger partial charge is 0.256 e. The van der Waals surface area contributed by atoms with E-state index in [0.717, 1.165) is 5.56 Å². The van der Waals surface area contributed by atoms with E-state index in [-0.39, 0.29) is 35.8 Å². The van der Waals surface area contributed by atoms with Crippen molar-refractivity contribution in [1.29, 1.82) is 0 Å². The van der Waals surface area contributed by atoms with Crippen molar-refractivity contribution in [3.05, 3.63) is 48.0 Å². The summed E-state index contributed by atoms with van der Waals surface area (Å²) in [5, 5.41) is 1.21. The van der Waals surface area contributed by atoms with E-state index >= 15 is 0 Å². The molecule has 2 heteroatoms. The summed E-state index contributed by atoms with van der Waals surface area (Å²) >= 11 is 0. The van der Waals surface area contributed by atoms with Crippen LogP contribution in [0.4, 0.5) is 0 Å². The molecule has 2 rings (SSSR count). The molecule has 0 N–H and O–H groups in total. The number of aromatic nitrogens is 1. The summed E-state index contributed by atoms with van der Waals surface area (Å²) in [4.78, 5) is 4.38. The zero-order valence-corrected chi connectivity index (χ0v) is 11.6. The van der Waals surface area contributed by atoms with Crippen LogP contribution < -0.4 is 5.19 Å². The Hall–Kier alpha value is -1.41. The average Bonchev–Trinajstić information content (AvgIpc) is 2.42. The molecule has 0 radical (unpaired) electrons. The summed E-state index contributed by atoms with van der Waals surface area (Å²) in [5.74, 6) is 0. The fourth-order valence-corrected chi connectivity index (χ4v) is 3.56. The van der Waals surface area contributed by atoms with Gasteiger partial charge in [0.05, 0.1) is 20.6 Å². The minimum Gasteiger partial charge on any atom is -0.256 e. The van der Waals surface area contributed by atoms with E-state index in [1.165, 1.54) is 5.19 Å². The van der Waals surface area contributed by atoms with Gasteiger partial charge in [-0.25, -0.2) is 0 Å². The van der Waals surface area contributed by atoms with E-state index < -0.39 is 8.07 Å². The minimum absolute atomic E-state index is 0.163. The maximum absolute atomic E-state index is 8.02. The number of hydrogen-bond acceptors (Lipinski definition) is 1. The molecule has 0 saturated carbocycles. The molecule has 0 saturated heterocycles. The van der Waals surface area contributed by atoms with Crippen molar-refractivity contribution in [3.8, 4) is 11.3 Å². The smallest absolute Gasteiger partial charge is 0.0799 e. The quantitative estimate of drug-likeness (QED) is 0.738. The van der Waals surface area contributed by atoms with Crippen LogP contribution in [0, 0.1) is 6.92 Å². The minimum atomic E-state index is -1.52. The van der Waals surface area contributed by atoms with Gasteiger partial charge in [-0.1, -0.05) is 49.9 Å². The lowest BCUT2D eigenvalue weighted by atomic mass is 10.1. The van der Waals surface area contributed by atoms with Gasteiger partial charge < -0.3 is 0 Å². The number of pyridine rings is 1. The second-order valence-corrected chi connectivity index (χ2v) is 10.2. The molecule has 0 fully saturated rings. The van der Waals surface area contributed by atoms with Crippen LogP contribution >= 0.6 is 0 Å². The molecule has 0 bridgehead atoms. The van der Waals surface area contributed by atoms with Crippen LogP contribution in [0.25, 0.3) is 11.3 Å². The van der Waals surface area contributed by atoms with E-state index in [1.807, 2.05) is 13.0 Å². The Bertz CT molecular complexity index is 724. The van der Waals surface area contributed by atoms with Crippen LogP contribution in [-0.4, -0.2) is 13.1 Å². The van der Waals surface area contributed by atoms with Crippen molar-refractivity contribution >= 4 is 13.3 Å². The predicted molar refractivity (Wildman–Crippen MR) is 77.4 cm³/mol. The second-order valence-electron chi connectivity index (χ2n) is 5.13. The van der Waals surface area contributed by atoms with Gasteiger partial charge in [0.1, 0.15) is 0 Å². The van der Waals surface area contributed by atoms with E-state index in [2.05, 4.69) is 24.6 Å². The SMILES string of the molecule is [2H]c1c([2H])c([2H])c(-c2cc(C)c([Si](C)(C)C)cn2)c([2H])c1[2H]. The monoisotopic (exact) mass is 246 g/mol. The van der Waals surface area contributed by atoms with Gasteiger partial charge in [-0.15, -0.1) is 0 Å². The third kappa shape index (κ3) is 2.64. The van der Waals surface area contributed by atoms with Gasteiger partial charge in [-0.05, 0) is 23.7 Å². The molecular weight excluding hydrogens is 222 g/mol. The van der Waals surface area contributed by atoms with Crippen molar-refractivity contribution in [2.45, 2.75) is 26.6 Å². The first-order valence-electron chi connectivity index (χ1n) is 8.10. The van der Waals surface area contributed by atoms with E-state index in [9.17, 15) is 0 Å². The van der Waals surface area contributed by atoms with Crippen molar-refractivity contribution in [1.82, 2.24) is 4.98 Å². The summed E-state index contributed by atoms with van der Waals surface area (Å²) in [7, 11) is -1.52. The molecular formula is C15H19NSi. The van der Waals surface area contributed by atoms with Crippen LogP contribution in [-0.2, 0) is 0 Å². The normalized spacial score (nSPS) is 15.6. The highest BCUT2D eigenvalue weighted by atomic mass is 28.3. The molecule has 17 heavy (non-hydrogen) atoms. The van der Waals surface area contributed by atoms with Crippen LogP contribution in [0.5, 0.6) is 0 Å². The van der Waals surface area contributed by atoms with Gasteiger partial charge in [-0.2, -0.15) is 0 Å². The molecule has 0 spiro atoms. The first-order chi connectivity index (χ1) is 10.1. The summed E-state index contributed by atoms with van der Waals surface area (Å²) in [6.07, 6.45) is 1.79. The molecule has 1 aromatic heterocycles. The van der Waals surface area contributed by atoms with Crippen LogP contribution in [0.15, 0.2) is 42.5 Å². The van der Waals surface area contributed by atoms with Gasteiger partial charge in [0.15, 0.2) is 0 Å². The molecule has 0 amide bonds. The van der Waals surface area contributed by atoms with Gasteiger partial charge in [0, 0.05) is 11.8 Å². The number of aryl methyl sites for hydroxylation is 1. The highest BCUT2D eigenvalue weighted by molar-refractivity contribution is 6.89. The average molecular weight is 246 g/mol. The molecule has 0 aliphatic rings. The van der Waals surface area contributed by atoms with Crippen molar-refractivity contribution in [3.63, 3.8) is 0 Å². The van der Waals surface area contributed by atoms with Crippen molar-refractivity contribution in [2.24, 2.45) is 0 Å². The molecule has 88 valence electrons. The Balaban J connectivity index is 2.71. The summed E-state index contributed by atoms with van der Waals surface area (Å²) in [6.45, 7) is 8.65. The Labute approximate surface area is 112 Å². The zero-order chi connectivity index (χ0) is 16.8. The molecule has 0 atom stereocenters. The first kappa shape index (κ1) is 7.12. The summed E-state index contributed by atoms with van der Waals surface area (Å²) < 4.78 is 39.2. The maximum atomic E-state index is 8.02. The molecule has 0 aliphatic carbocycles. The fraction of sp³-hybridized carbons (Fsp3) is 0.267. The summed E-state index contributed by atoms with van der Waals surface area (Å²) in [6, 6.07) is 0.363. The van der Waals surface area contributed by atoms with E-state index in [1.54, 1.807) is 6.20 Å². The Kier molecular flexibility index (Phi) is 1.86. The molecule has 2 aromatic rings. The number of benzene rings is 1. The number of nitrogens with zero attached hydrogens (tertiary/aromatic N) is 1.